The Morgan fingerprint density at radius 3 is 0.922 bits per heavy atom. The van der Waals surface area contributed by atoms with Crippen molar-refractivity contribution in [3.05, 3.63) is 0 Å². The predicted molar refractivity (Wildman–Crippen MR) is 385 cm³/mol. The zero-order valence-corrected chi connectivity index (χ0v) is 67.7. The third-order valence-corrected chi connectivity index (χ3v) is 24.0. The molecule has 0 aliphatic carbocycles. The van der Waals surface area contributed by atoms with Gasteiger partial charge in [-0.1, -0.05) is 0 Å². The number of hydrogen-bond donors (Lipinski definition) is 36. The molecule has 0 spiro atoms. The van der Waals surface area contributed by atoms with Gasteiger partial charge in [-0.05, 0) is 0 Å². The van der Waals surface area contributed by atoms with Crippen molar-refractivity contribution in [2.45, 2.75) is 351 Å². The van der Waals surface area contributed by atoms with E-state index in [-0.39, 0.29) is 0 Å². The molecule has 11 fully saturated rings. The minimum atomic E-state index is -3.40. The molecular weight excluding hydrogens is 1780 g/mol. The van der Waals surface area contributed by atoms with Crippen LogP contribution >= 0.6 is 0 Å². The van der Waals surface area contributed by atoms with E-state index in [2.05, 4.69) is 5.32 Å². The zero-order chi connectivity index (χ0) is 94.9. The first-order valence-corrected chi connectivity index (χ1v) is 40.8. The number of nitrogens with one attached hydrogen (secondary N) is 1. The summed E-state index contributed by atoms with van der Waals surface area (Å²) in [6, 6.07) is -2.14. The van der Waals surface area contributed by atoms with Crippen LogP contribution in [0.3, 0.4) is 0 Å². The molecule has 59 heteroatoms. The van der Waals surface area contributed by atoms with Gasteiger partial charge in [0, 0.05) is 13.3 Å². The Balaban J connectivity index is 0.918. The molecule has 11 saturated heterocycles. The topological polar surface area (TPSA) is 948 Å². The van der Waals surface area contributed by atoms with E-state index in [1.54, 1.807) is 0 Å². The quantitative estimate of drug-likeness (QED) is 0.0284. The number of rotatable bonds is 34. The summed E-state index contributed by atoms with van der Waals surface area (Å²) in [6.07, 6.45) is -120. The second-order valence-electron chi connectivity index (χ2n) is 32.5. The normalized spacial score (nSPS) is 51.7. The number of carbonyl (C=O) groups excluding carboxylic acids is 1. The SMILES string of the molecule is CC(=O)N[C@H]1[C@@H](O[C@H]2[C@H](O[C@H]3[C@H](O[C@@H]4O[C@H](CO)[C@@H](O)[C@H](O)[C@H]4O)[C@@H](O)[C@@H](O[C@H]4[C@@H]([C@H](O)CO)O[C@@](O)(C(=O)O)C[C@H]4O)O[C@@H]3CO[C@@H]3O[C@H](CO)[C@@H](O)[C@H](O)[C@H]3O[C@H]3O[C@H](CO)[C@@H](O[C@@H]4O[C@H](CO)[C@H](O[C@H]5O[C@H](CO)[C@H](O)[C@H](O)[C@H]5O)[C@H](O)[C@H]4O)[C@H](O)[C@H]3O)O[C@H](CO)[C@@H](O)[C@@H]2O)O[C@H](CO)[C@@H](O[C@@H]2O[C@H](CO)[C@H](O[C@H]3O[C@H](CO)[C@H](O)[C@H](O)[C@H]3O)[C@H](O)[C@H]2O)[C@@H]1O. The smallest absolute Gasteiger partial charge is 0.364 e. The molecule has 11 aliphatic rings. The Morgan fingerprint density at radius 2 is 0.566 bits per heavy atom. The Labute approximate surface area is 726 Å². The summed E-state index contributed by atoms with van der Waals surface area (Å²) in [7, 11) is 0. The fourth-order valence-electron chi connectivity index (χ4n) is 16.6. The van der Waals surface area contributed by atoms with Crippen molar-refractivity contribution in [3.8, 4) is 0 Å². The molecule has 0 saturated carbocycles. The fraction of sp³-hybridized carbons (Fsp3) is 0.971. The van der Waals surface area contributed by atoms with Crippen LogP contribution in [0.4, 0.5) is 0 Å². The number of aliphatic hydroxyl groups excluding tert-OH is 33. The van der Waals surface area contributed by atoms with Crippen LogP contribution < -0.4 is 5.32 Å². The lowest BCUT2D eigenvalue weighted by Gasteiger charge is -2.52. The molecule has 1 amide bonds. The molecule has 0 radical (unpaired) electrons. The fourth-order valence-corrected chi connectivity index (χ4v) is 16.6. The van der Waals surface area contributed by atoms with Gasteiger partial charge in [-0.25, -0.2) is 4.79 Å². The molecule has 0 bridgehead atoms. The van der Waals surface area contributed by atoms with E-state index in [1.807, 2.05) is 0 Å². The van der Waals surface area contributed by atoms with Gasteiger partial charge >= 0.3 is 5.97 Å². The van der Waals surface area contributed by atoms with Gasteiger partial charge in [0.1, 0.15) is 262 Å². The standard InChI is InChI=1S/C70H117NO58/c1-14(82)71-27-33(90)51(121-63-45(102)39(96)52(23(10-79)116-63)122-60-42(99)34(91)28(85)17(4-73)110-60)22(9-78)115-59(27)127-58-38(95)32(89)21(8-77)114-68(58)125-55-26(119-66(48(105)56(55)126-62-44(101)36(93)30(87)19(6-75)112-62)120-49-15(83)2-70(108,69(106)107)129-50(49)16(84)3-72)13-109-67-57(37(94)31(88)20(7-76)113-67)128-65-47(104)41(98)54(25(12-81)118-65)124-64-46(103)40(97)53(24(11-80)117-64)123-61-43(100)35(92)29(86)18(5-74)111-61/h15-68,72-81,83-105,108H,2-13H2,1H3,(H,71,82)(H,106,107)/t15-,16-,17-,18-,19-,20-,21-,22-,23-,24-,25-,26-,27-,28+,29+,30-,31-,32-,33-,34+,35+,36+,37+,38+,39-,40-,41-,42-,43-,44-,45-,46-,47-,48-,49-,50-,51-,52+,53+,54-,55-,56-,57-,58-,59-,60-,61-,62+,63+,64+,65-,66-,67-,68+,70-/m1/s1. The number of ether oxygens (including phenoxy) is 21. The largest absolute Gasteiger partial charge is 0.477 e. The van der Waals surface area contributed by atoms with Gasteiger partial charge in [0.25, 0.3) is 5.79 Å². The highest BCUT2D eigenvalue weighted by Crippen LogP contribution is 2.43. The van der Waals surface area contributed by atoms with Gasteiger partial charge < -0.3 is 284 Å². The van der Waals surface area contributed by atoms with Crippen LogP contribution in [-0.4, -0.2) is 600 Å². The number of carbonyl (C=O) groups is 2. The molecule has 750 valence electrons. The molecule has 55 atom stereocenters. The van der Waals surface area contributed by atoms with Crippen LogP contribution in [-0.2, 0) is 109 Å². The predicted octanol–water partition coefficient (Wildman–Crippen LogP) is -25.0. The van der Waals surface area contributed by atoms with Crippen LogP contribution in [0.5, 0.6) is 0 Å². The van der Waals surface area contributed by atoms with Gasteiger partial charge in [0.2, 0.25) is 5.91 Å². The second-order valence-corrected chi connectivity index (χ2v) is 32.5. The van der Waals surface area contributed by atoms with Crippen molar-refractivity contribution in [2.75, 3.05) is 72.7 Å². The maximum atomic E-state index is 13.2. The van der Waals surface area contributed by atoms with E-state index < -0.39 is 428 Å². The van der Waals surface area contributed by atoms with Gasteiger partial charge in [0.15, 0.2) is 62.9 Å². The number of carboxylic acids is 1. The molecule has 11 heterocycles. The minimum absolute atomic E-state index is 0.857. The van der Waals surface area contributed by atoms with Crippen LogP contribution in [0.2, 0.25) is 0 Å². The molecule has 0 unspecified atom stereocenters. The summed E-state index contributed by atoms with van der Waals surface area (Å²) in [5, 5.41) is 389. The highest BCUT2D eigenvalue weighted by molar-refractivity contribution is 5.75. The monoisotopic (exact) mass is 1900 g/mol. The Kier molecular flexibility index (Phi) is 37.5. The van der Waals surface area contributed by atoms with Crippen molar-refractivity contribution < 1.29 is 288 Å². The number of carboxylic acid groups (broad SMARTS) is 1. The van der Waals surface area contributed by atoms with E-state index >= 15 is 0 Å². The van der Waals surface area contributed by atoms with Crippen molar-refractivity contribution >= 4 is 11.9 Å². The minimum Gasteiger partial charge on any atom is -0.477 e. The Bertz CT molecular complexity index is 3430. The molecule has 36 N–H and O–H groups in total. The number of aliphatic hydroxyl groups is 34. The Hall–Kier alpha value is -3.26. The number of aliphatic carboxylic acids is 1. The number of amides is 1. The molecule has 11 aliphatic heterocycles. The van der Waals surface area contributed by atoms with Gasteiger partial charge in [-0.3, -0.25) is 4.79 Å². The van der Waals surface area contributed by atoms with E-state index in [0.717, 1.165) is 6.92 Å². The van der Waals surface area contributed by atoms with Gasteiger partial charge in [-0.15, -0.1) is 0 Å². The third kappa shape index (κ3) is 22.4. The summed E-state index contributed by atoms with van der Waals surface area (Å²) in [4.78, 5) is 25.7. The summed E-state index contributed by atoms with van der Waals surface area (Å²) in [6.45, 7) is -12.4. The lowest BCUT2D eigenvalue weighted by molar-refractivity contribution is -0.413. The van der Waals surface area contributed by atoms with Crippen LogP contribution in [0.15, 0.2) is 0 Å². The first kappa shape index (κ1) is 106. The molecule has 0 aromatic rings. The van der Waals surface area contributed by atoms with E-state index in [1.165, 1.54) is 0 Å². The zero-order valence-electron chi connectivity index (χ0n) is 67.7. The summed E-state index contributed by atoms with van der Waals surface area (Å²) < 4.78 is 123. The number of hydrogen-bond acceptors (Lipinski definition) is 57. The van der Waals surface area contributed by atoms with Crippen LogP contribution in [0.25, 0.3) is 0 Å². The van der Waals surface area contributed by atoms with Crippen molar-refractivity contribution in [3.63, 3.8) is 0 Å². The maximum Gasteiger partial charge on any atom is 0.364 e. The summed E-state index contributed by atoms with van der Waals surface area (Å²) in [5.74, 6) is -6.66. The van der Waals surface area contributed by atoms with E-state index in [0.29, 0.717) is 0 Å². The summed E-state index contributed by atoms with van der Waals surface area (Å²) >= 11 is 0. The van der Waals surface area contributed by atoms with E-state index in [4.69, 9.17) is 99.5 Å². The Morgan fingerprint density at radius 1 is 0.302 bits per heavy atom. The molecule has 0 aromatic heterocycles. The summed E-state index contributed by atoms with van der Waals surface area (Å²) in [5.41, 5.74) is 0. The molecule has 11 rings (SSSR count). The van der Waals surface area contributed by atoms with E-state index in [9.17, 15) is 188 Å². The van der Waals surface area contributed by atoms with Crippen molar-refractivity contribution in [1.82, 2.24) is 5.32 Å². The maximum absolute atomic E-state index is 13.2. The highest BCUT2D eigenvalue weighted by atomic mass is 16.8. The second kappa shape index (κ2) is 45.6. The van der Waals surface area contributed by atoms with Crippen molar-refractivity contribution in [1.29, 1.82) is 0 Å². The third-order valence-electron chi connectivity index (χ3n) is 24.0. The van der Waals surface area contributed by atoms with Gasteiger partial charge in [0.05, 0.1) is 78.8 Å². The lowest BCUT2D eigenvalue weighted by Crippen LogP contribution is -2.70. The van der Waals surface area contributed by atoms with Crippen molar-refractivity contribution in [2.24, 2.45) is 0 Å². The molecule has 0 aromatic carbocycles. The lowest BCUT2D eigenvalue weighted by atomic mass is 9.92. The molecular formula is C70H117NO58. The highest BCUT2D eigenvalue weighted by Gasteiger charge is 2.64. The average Bonchev–Trinajstić information content (AvgIpc) is 0.759. The molecule has 129 heavy (non-hydrogen) atoms. The van der Waals surface area contributed by atoms with Gasteiger partial charge in [-0.2, -0.15) is 0 Å². The van der Waals surface area contributed by atoms with Crippen LogP contribution in [0, 0.1) is 0 Å². The average molecular weight is 1900 g/mol. The van der Waals surface area contributed by atoms with Crippen LogP contribution in [0.1, 0.15) is 13.3 Å². The first-order chi connectivity index (χ1) is 61.0. The molecule has 59 nitrogen and oxygen atoms in total. The first-order valence-electron chi connectivity index (χ1n) is 40.8.